The molecule has 0 unspecified atom stereocenters. The number of aryl methyl sites for hydroxylation is 1. The van der Waals surface area contributed by atoms with E-state index in [1.165, 1.54) is 48.5 Å². The monoisotopic (exact) mass is 384 g/mol. The van der Waals surface area contributed by atoms with E-state index < -0.39 is 0 Å². The van der Waals surface area contributed by atoms with Crippen LogP contribution in [0, 0.1) is 6.92 Å². The molecule has 2 aromatic heterocycles. The number of aromatic amines is 1. The van der Waals surface area contributed by atoms with Crippen LogP contribution < -0.4 is 5.84 Å². The molecular formula is C23H20N4S. The van der Waals surface area contributed by atoms with E-state index in [9.17, 15) is 0 Å². The second-order valence-electron chi connectivity index (χ2n) is 7.14. The summed E-state index contributed by atoms with van der Waals surface area (Å²) in [6.45, 7) is 2.14. The minimum absolute atomic E-state index is 0.980. The highest BCUT2D eigenvalue weighted by Crippen LogP contribution is 2.39. The highest BCUT2D eigenvalue weighted by Gasteiger charge is 2.17. The minimum atomic E-state index is 0.980. The molecule has 5 heteroatoms. The summed E-state index contributed by atoms with van der Waals surface area (Å²) >= 11 is 1.83. The molecule has 0 fully saturated rings. The van der Waals surface area contributed by atoms with Crippen LogP contribution >= 0.6 is 11.3 Å². The van der Waals surface area contributed by atoms with Gasteiger partial charge in [-0.1, -0.05) is 18.2 Å². The second kappa shape index (κ2) is 6.77. The Labute approximate surface area is 167 Å². The summed E-state index contributed by atoms with van der Waals surface area (Å²) in [5.41, 5.74) is 8.44. The summed E-state index contributed by atoms with van der Waals surface area (Å²) in [6, 6.07) is 15.3. The normalized spacial score (nSPS) is 13.8. The van der Waals surface area contributed by atoms with Crippen LogP contribution in [0.1, 0.15) is 34.4 Å². The van der Waals surface area contributed by atoms with Crippen molar-refractivity contribution in [1.29, 1.82) is 0 Å². The zero-order valence-corrected chi connectivity index (χ0v) is 16.4. The molecule has 2 aromatic carbocycles. The van der Waals surface area contributed by atoms with Gasteiger partial charge in [0.15, 0.2) is 0 Å². The fourth-order valence-electron chi connectivity index (χ4n) is 3.90. The van der Waals surface area contributed by atoms with Crippen molar-refractivity contribution in [1.82, 2.24) is 10.2 Å². The first-order chi connectivity index (χ1) is 13.7. The molecule has 28 heavy (non-hydrogen) atoms. The third-order valence-electron chi connectivity index (χ3n) is 5.45. The Balaban J connectivity index is 1.69. The number of hydrogen-bond acceptors (Lipinski definition) is 4. The van der Waals surface area contributed by atoms with Crippen molar-refractivity contribution in [2.45, 2.75) is 19.8 Å². The fraction of sp³-hybridized carbons (Fsp3) is 0.130. The Kier molecular flexibility index (Phi) is 4.10. The molecule has 0 radical (unpaired) electrons. The van der Waals surface area contributed by atoms with Gasteiger partial charge in [-0.2, -0.15) is 10.2 Å². The van der Waals surface area contributed by atoms with E-state index in [0.29, 0.717) is 0 Å². The molecule has 2 heterocycles. The number of aromatic nitrogens is 2. The number of nitrogens with zero attached hydrogens (tertiary/aromatic N) is 2. The minimum Gasteiger partial charge on any atom is -0.323 e. The number of H-pyrrole nitrogens is 1. The molecular weight excluding hydrogens is 364 g/mol. The zero-order chi connectivity index (χ0) is 19.1. The smallest absolute Gasteiger partial charge is 0.0562 e. The van der Waals surface area contributed by atoms with Crippen LogP contribution in [-0.4, -0.2) is 16.4 Å². The van der Waals surface area contributed by atoms with Gasteiger partial charge in [-0.05, 0) is 83.3 Å². The van der Waals surface area contributed by atoms with Gasteiger partial charge in [-0.3, -0.25) is 5.10 Å². The lowest BCUT2D eigenvalue weighted by Gasteiger charge is -2.17. The average Bonchev–Trinajstić information content (AvgIpc) is 3.35. The maximum absolute atomic E-state index is 5.50. The van der Waals surface area contributed by atoms with Crippen LogP contribution in [0.3, 0.4) is 0 Å². The number of allylic oxidation sites excluding steroid dienone is 1. The lowest BCUT2D eigenvalue weighted by Crippen LogP contribution is -2.01. The molecule has 3 N–H and O–H groups in total. The van der Waals surface area contributed by atoms with Gasteiger partial charge < -0.3 is 5.84 Å². The van der Waals surface area contributed by atoms with Gasteiger partial charge in [-0.25, -0.2) is 0 Å². The summed E-state index contributed by atoms with van der Waals surface area (Å²) in [6.07, 6.45) is 7.86. The first-order valence-electron chi connectivity index (χ1n) is 9.33. The summed E-state index contributed by atoms with van der Waals surface area (Å²) in [5.74, 6) is 5.50. The number of nitrogens with two attached hydrogens (primary N) is 1. The van der Waals surface area contributed by atoms with Crippen molar-refractivity contribution in [2.24, 2.45) is 10.9 Å². The largest absolute Gasteiger partial charge is 0.323 e. The van der Waals surface area contributed by atoms with Gasteiger partial charge >= 0.3 is 0 Å². The molecule has 0 saturated carbocycles. The van der Waals surface area contributed by atoms with E-state index in [4.69, 9.17) is 5.84 Å². The summed E-state index contributed by atoms with van der Waals surface area (Å²) < 4.78 is 1.30. The molecule has 0 spiro atoms. The molecule has 0 bridgehead atoms. The van der Waals surface area contributed by atoms with Gasteiger partial charge in [-0.15, -0.1) is 11.3 Å². The van der Waals surface area contributed by atoms with Crippen molar-refractivity contribution in [3.63, 3.8) is 0 Å². The number of hydrazone groups is 1. The highest BCUT2D eigenvalue weighted by molar-refractivity contribution is 7.22. The van der Waals surface area contributed by atoms with Crippen molar-refractivity contribution >= 4 is 39.3 Å². The van der Waals surface area contributed by atoms with E-state index in [1.807, 2.05) is 17.5 Å². The molecule has 5 rings (SSSR count). The number of nitrogens with one attached hydrogen (secondary N) is 1. The number of thiophene rings is 1. The van der Waals surface area contributed by atoms with Crippen LogP contribution in [0.25, 0.3) is 32.2 Å². The van der Waals surface area contributed by atoms with E-state index in [-0.39, 0.29) is 0 Å². The highest BCUT2D eigenvalue weighted by atomic mass is 32.1. The number of fused-ring (bicyclic) bond motifs is 2. The molecule has 1 aliphatic rings. The first kappa shape index (κ1) is 17.0. The van der Waals surface area contributed by atoms with Gasteiger partial charge in [0.05, 0.1) is 12.4 Å². The van der Waals surface area contributed by atoms with E-state index >= 15 is 0 Å². The van der Waals surface area contributed by atoms with E-state index in [2.05, 4.69) is 70.8 Å². The third-order valence-corrected chi connectivity index (χ3v) is 6.60. The molecule has 0 saturated heterocycles. The van der Waals surface area contributed by atoms with Crippen molar-refractivity contribution in [3.05, 3.63) is 76.6 Å². The van der Waals surface area contributed by atoms with Crippen LogP contribution in [-0.2, 0) is 6.42 Å². The predicted molar refractivity (Wildman–Crippen MR) is 119 cm³/mol. The molecule has 4 nitrogen and oxygen atoms in total. The maximum atomic E-state index is 5.50. The fourth-order valence-corrected chi connectivity index (χ4v) is 5.04. The average molecular weight is 385 g/mol. The van der Waals surface area contributed by atoms with Crippen LogP contribution in [0.4, 0.5) is 0 Å². The summed E-state index contributed by atoms with van der Waals surface area (Å²) in [4.78, 5) is 1.27. The van der Waals surface area contributed by atoms with Crippen LogP contribution in [0.2, 0.25) is 0 Å². The summed E-state index contributed by atoms with van der Waals surface area (Å²) in [7, 11) is 0. The molecule has 4 aromatic rings. The van der Waals surface area contributed by atoms with E-state index in [0.717, 1.165) is 18.4 Å². The van der Waals surface area contributed by atoms with Crippen molar-refractivity contribution in [2.75, 3.05) is 0 Å². The Morgan fingerprint density at radius 2 is 2.07 bits per heavy atom. The summed E-state index contributed by atoms with van der Waals surface area (Å²) in [5, 5.41) is 12.3. The topological polar surface area (TPSA) is 67.1 Å². The van der Waals surface area contributed by atoms with Gasteiger partial charge in [0.1, 0.15) is 0 Å². The molecule has 1 aliphatic carbocycles. The Bertz CT molecular complexity index is 1210. The van der Waals surface area contributed by atoms with Crippen LogP contribution in [0.5, 0.6) is 0 Å². The third kappa shape index (κ3) is 2.84. The maximum Gasteiger partial charge on any atom is 0.0562 e. The Morgan fingerprint density at radius 3 is 2.93 bits per heavy atom. The molecule has 0 aliphatic heterocycles. The Hall–Kier alpha value is -3.18. The quantitative estimate of drug-likeness (QED) is 0.283. The Morgan fingerprint density at radius 1 is 1.18 bits per heavy atom. The van der Waals surface area contributed by atoms with Crippen LogP contribution in [0.15, 0.2) is 53.8 Å². The second-order valence-corrected chi connectivity index (χ2v) is 8.22. The zero-order valence-electron chi connectivity index (χ0n) is 15.6. The number of hydrogen-bond donors (Lipinski definition) is 2. The lowest BCUT2D eigenvalue weighted by molar-refractivity contribution is 0.917. The number of benzene rings is 2. The van der Waals surface area contributed by atoms with E-state index in [1.54, 1.807) is 6.21 Å². The van der Waals surface area contributed by atoms with Gasteiger partial charge in [0, 0.05) is 20.8 Å². The SMILES string of the molecule is Cc1c(/C=N\N)cc(C2=Cc3cn[nH]c3CC2)cc1-c1cc2ccccc2s1. The van der Waals surface area contributed by atoms with Gasteiger partial charge in [0.25, 0.3) is 0 Å². The standard InChI is InChI=1S/C23H20N4S/c1-14-18(12-25-24)9-17(15-6-7-21-19(8-15)13-26-27-21)10-20(14)23-11-16-4-2-3-5-22(16)28-23/h2-5,8-13H,6-7,24H2,1H3,(H,26,27)/b25-12-. The van der Waals surface area contributed by atoms with Gasteiger partial charge in [0.2, 0.25) is 0 Å². The molecule has 0 amide bonds. The first-order valence-corrected chi connectivity index (χ1v) is 10.1. The van der Waals surface area contributed by atoms with Crippen molar-refractivity contribution < 1.29 is 0 Å². The van der Waals surface area contributed by atoms with Crippen molar-refractivity contribution in [3.8, 4) is 10.4 Å². The molecule has 138 valence electrons. The number of rotatable bonds is 3. The predicted octanol–water partition coefficient (Wildman–Crippen LogP) is 5.38. The molecule has 0 atom stereocenters. The lowest BCUT2D eigenvalue weighted by atomic mass is 9.89.